The Morgan fingerprint density at radius 3 is 2.38 bits per heavy atom. The number of nitrogens with one attached hydrogen (secondary N) is 1. The number of amides is 2. The number of anilines is 2. The first-order chi connectivity index (χ1) is 15.3. The van der Waals surface area contributed by atoms with Gasteiger partial charge in [-0.15, -0.1) is 0 Å². The van der Waals surface area contributed by atoms with Crippen molar-refractivity contribution in [3.8, 4) is 5.69 Å². The normalized spacial score (nSPS) is 15.3. The van der Waals surface area contributed by atoms with Crippen LogP contribution < -0.4 is 15.1 Å². The zero-order valence-electron chi connectivity index (χ0n) is 18.4. The van der Waals surface area contributed by atoms with Crippen LogP contribution in [0.25, 0.3) is 11.8 Å². The molecule has 162 valence electrons. The van der Waals surface area contributed by atoms with E-state index in [9.17, 15) is 9.59 Å². The first-order valence-corrected chi connectivity index (χ1v) is 10.6. The maximum atomic E-state index is 13.4. The summed E-state index contributed by atoms with van der Waals surface area (Å²) in [6.45, 7) is 3.91. The SMILES string of the molecule is Cc1cccc(N2C(=O)/C(=C/c3cccn3-c3ccc(N(C)C)cc3)C(=O)NC2=S)c1C. The van der Waals surface area contributed by atoms with Crippen molar-refractivity contribution in [1.82, 2.24) is 9.88 Å². The molecule has 3 aromatic rings. The predicted molar refractivity (Wildman–Crippen MR) is 132 cm³/mol. The molecule has 2 heterocycles. The van der Waals surface area contributed by atoms with Crippen molar-refractivity contribution in [3.05, 3.63) is 83.2 Å². The molecule has 1 aliphatic heterocycles. The van der Waals surface area contributed by atoms with Crippen molar-refractivity contribution in [2.75, 3.05) is 23.9 Å². The summed E-state index contributed by atoms with van der Waals surface area (Å²) < 4.78 is 1.93. The number of rotatable bonds is 4. The van der Waals surface area contributed by atoms with Gasteiger partial charge in [-0.1, -0.05) is 12.1 Å². The fraction of sp³-hybridized carbons (Fsp3) is 0.160. The number of carbonyl (C=O) groups is 2. The number of aromatic nitrogens is 1. The molecule has 0 atom stereocenters. The molecule has 0 radical (unpaired) electrons. The lowest BCUT2D eigenvalue weighted by Crippen LogP contribution is -2.54. The molecule has 2 aromatic carbocycles. The van der Waals surface area contributed by atoms with E-state index in [0.29, 0.717) is 5.69 Å². The number of aryl methyl sites for hydroxylation is 1. The Labute approximate surface area is 192 Å². The monoisotopic (exact) mass is 444 g/mol. The second kappa shape index (κ2) is 8.43. The zero-order chi connectivity index (χ0) is 23.0. The van der Waals surface area contributed by atoms with Gasteiger partial charge in [0.15, 0.2) is 5.11 Å². The minimum Gasteiger partial charge on any atom is -0.378 e. The first-order valence-electron chi connectivity index (χ1n) is 10.2. The molecule has 0 unspecified atom stereocenters. The molecule has 0 aliphatic carbocycles. The second-order valence-corrected chi connectivity index (χ2v) is 8.28. The van der Waals surface area contributed by atoms with Crippen LogP contribution in [-0.2, 0) is 9.59 Å². The molecule has 0 bridgehead atoms. The largest absolute Gasteiger partial charge is 0.378 e. The smallest absolute Gasteiger partial charge is 0.270 e. The van der Waals surface area contributed by atoms with Crippen LogP contribution in [0.4, 0.5) is 11.4 Å². The third-order valence-electron chi connectivity index (χ3n) is 5.64. The van der Waals surface area contributed by atoms with Gasteiger partial charge in [-0.25, -0.2) is 0 Å². The lowest BCUT2D eigenvalue weighted by Gasteiger charge is -2.30. The molecule has 6 nitrogen and oxygen atoms in total. The third kappa shape index (κ3) is 3.83. The molecule has 4 rings (SSSR count). The Morgan fingerprint density at radius 1 is 0.969 bits per heavy atom. The highest BCUT2D eigenvalue weighted by Crippen LogP contribution is 2.27. The van der Waals surface area contributed by atoms with E-state index in [1.165, 1.54) is 4.90 Å². The molecular weight excluding hydrogens is 420 g/mol. The lowest BCUT2D eigenvalue weighted by molar-refractivity contribution is -0.122. The summed E-state index contributed by atoms with van der Waals surface area (Å²) in [4.78, 5) is 29.5. The van der Waals surface area contributed by atoms with Crippen molar-refractivity contribution >= 4 is 46.6 Å². The van der Waals surface area contributed by atoms with Crippen LogP contribution in [-0.4, -0.2) is 35.6 Å². The molecule has 32 heavy (non-hydrogen) atoms. The number of carbonyl (C=O) groups excluding carboxylic acids is 2. The van der Waals surface area contributed by atoms with Gasteiger partial charge in [0, 0.05) is 37.4 Å². The van der Waals surface area contributed by atoms with Crippen LogP contribution >= 0.6 is 12.2 Å². The molecule has 2 amide bonds. The standard InChI is InChI=1S/C25H24N4O2S/c1-16-7-5-9-22(17(16)2)29-24(31)21(23(30)26-25(29)32)15-20-8-6-14-28(20)19-12-10-18(11-13-19)27(3)4/h5-15H,1-4H3,(H,26,30,32)/b21-15+. The first kappa shape index (κ1) is 21.5. The molecule has 1 aliphatic rings. The fourth-order valence-corrected chi connectivity index (χ4v) is 3.93. The maximum Gasteiger partial charge on any atom is 0.270 e. The van der Waals surface area contributed by atoms with Crippen LogP contribution in [0.5, 0.6) is 0 Å². The summed E-state index contributed by atoms with van der Waals surface area (Å²) in [7, 11) is 3.97. The average molecular weight is 445 g/mol. The molecule has 1 N–H and O–H groups in total. The summed E-state index contributed by atoms with van der Waals surface area (Å²) in [5.74, 6) is -0.944. The van der Waals surface area contributed by atoms with E-state index in [1.807, 2.05) is 98.2 Å². The number of benzene rings is 2. The Kier molecular flexibility index (Phi) is 5.67. The maximum absolute atomic E-state index is 13.4. The van der Waals surface area contributed by atoms with Gasteiger partial charge in [0.05, 0.1) is 5.69 Å². The summed E-state index contributed by atoms with van der Waals surface area (Å²) >= 11 is 5.34. The lowest BCUT2D eigenvalue weighted by atomic mass is 10.0. The molecule has 1 aromatic heterocycles. The van der Waals surface area contributed by atoms with E-state index < -0.39 is 11.8 Å². The fourth-order valence-electron chi connectivity index (χ4n) is 3.66. The number of nitrogens with zero attached hydrogens (tertiary/aromatic N) is 3. The number of thiocarbonyl (C=S) groups is 1. The highest BCUT2D eigenvalue weighted by Gasteiger charge is 2.35. The number of hydrogen-bond acceptors (Lipinski definition) is 4. The van der Waals surface area contributed by atoms with Gasteiger partial charge in [0.1, 0.15) is 5.57 Å². The minimum absolute atomic E-state index is 0.0318. The van der Waals surface area contributed by atoms with Crippen LogP contribution in [0.3, 0.4) is 0 Å². The van der Waals surface area contributed by atoms with Crippen molar-refractivity contribution in [3.63, 3.8) is 0 Å². The topological polar surface area (TPSA) is 57.6 Å². The van der Waals surface area contributed by atoms with E-state index in [0.717, 1.165) is 28.2 Å². The quantitative estimate of drug-likeness (QED) is 0.376. The second-order valence-electron chi connectivity index (χ2n) is 7.89. The van der Waals surface area contributed by atoms with Crippen molar-refractivity contribution in [2.45, 2.75) is 13.8 Å². The molecule has 0 spiro atoms. The molecule has 1 fully saturated rings. The van der Waals surface area contributed by atoms with Gasteiger partial charge in [-0.3, -0.25) is 19.8 Å². The Bertz CT molecular complexity index is 1260. The molecule has 7 heteroatoms. The molecular formula is C25H24N4O2S. The Morgan fingerprint density at radius 2 is 1.69 bits per heavy atom. The van der Waals surface area contributed by atoms with Crippen LogP contribution in [0, 0.1) is 13.8 Å². The third-order valence-corrected chi connectivity index (χ3v) is 5.92. The van der Waals surface area contributed by atoms with Gasteiger partial charge in [0.25, 0.3) is 11.8 Å². The minimum atomic E-state index is -0.503. The summed E-state index contributed by atoms with van der Waals surface area (Å²) in [6, 6.07) is 17.5. The summed E-state index contributed by atoms with van der Waals surface area (Å²) in [5.41, 5.74) is 5.40. The van der Waals surface area contributed by atoms with Crippen LogP contribution in [0.15, 0.2) is 66.4 Å². The van der Waals surface area contributed by atoms with Gasteiger partial charge >= 0.3 is 0 Å². The Hall–Kier alpha value is -3.71. The van der Waals surface area contributed by atoms with Crippen LogP contribution in [0.1, 0.15) is 16.8 Å². The molecule has 0 saturated carbocycles. The van der Waals surface area contributed by atoms with E-state index in [4.69, 9.17) is 12.2 Å². The average Bonchev–Trinajstić information content (AvgIpc) is 3.22. The Balaban J connectivity index is 1.74. The highest BCUT2D eigenvalue weighted by molar-refractivity contribution is 7.80. The van der Waals surface area contributed by atoms with Gasteiger partial charge in [0.2, 0.25) is 0 Å². The van der Waals surface area contributed by atoms with E-state index in [1.54, 1.807) is 6.08 Å². The zero-order valence-corrected chi connectivity index (χ0v) is 19.2. The summed E-state index contributed by atoms with van der Waals surface area (Å²) in [6.07, 6.45) is 3.51. The van der Waals surface area contributed by atoms with Crippen LogP contribution in [0.2, 0.25) is 0 Å². The summed E-state index contributed by atoms with van der Waals surface area (Å²) in [5, 5.41) is 2.74. The number of hydrogen-bond donors (Lipinski definition) is 1. The van der Waals surface area contributed by atoms with Crippen molar-refractivity contribution in [1.29, 1.82) is 0 Å². The van der Waals surface area contributed by atoms with E-state index in [2.05, 4.69) is 5.32 Å². The van der Waals surface area contributed by atoms with E-state index >= 15 is 0 Å². The molecule has 1 saturated heterocycles. The van der Waals surface area contributed by atoms with Gasteiger partial charge < -0.3 is 9.47 Å². The predicted octanol–water partition coefficient (Wildman–Crippen LogP) is 3.99. The van der Waals surface area contributed by atoms with E-state index in [-0.39, 0.29) is 10.7 Å². The van der Waals surface area contributed by atoms with Gasteiger partial charge in [-0.2, -0.15) is 0 Å². The van der Waals surface area contributed by atoms with Gasteiger partial charge in [-0.05, 0) is 85.7 Å². The highest BCUT2D eigenvalue weighted by atomic mass is 32.1. The van der Waals surface area contributed by atoms with Crippen molar-refractivity contribution < 1.29 is 9.59 Å². The van der Waals surface area contributed by atoms with Crippen molar-refractivity contribution in [2.24, 2.45) is 0 Å².